The lowest BCUT2D eigenvalue weighted by Gasteiger charge is -2.34. The van der Waals surface area contributed by atoms with Crippen molar-refractivity contribution in [1.29, 1.82) is 0 Å². The molecule has 1 aliphatic heterocycles. The lowest BCUT2D eigenvalue weighted by Crippen LogP contribution is -2.43. The molecule has 0 atom stereocenters. The quantitative estimate of drug-likeness (QED) is 0.825. The van der Waals surface area contributed by atoms with Crippen LogP contribution in [-0.2, 0) is 7.05 Å². The van der Waals surface area contributed by atoms with Crippen LogP contribution in [0.25, 0.3) is 0 Å². The molecule has 1 fully saturated rings. The van der Waals surface area contributed by atoms with Gasteiger partial charge in [-0.2, -0.15) is 0 Å². The third kappa shape index (κ3) is 2.88. The van der Waals surface area contributed by atoms with E-state index in [0.29, 0.717) is 0 Å². The number of piperidine rings is 1. The van der Waals surface area contributed by atoms with Crippen LogP contribution in [0.2, 0.25) is 0 Å². The van der Waals surface area contributed by atoms with Gasteiger partial charge in [-0.1, -0.05) is 6.92 Å². The van der Waals surface area contributed by atoms with Crippen molar-refractivity contribution in [3.05, 3.63) is 24.0 Å². The van der Waals surface area contributed by atoms with Crippen molar-refractivity contribution in [2.24, 2.45) is 12.5 Å². The first kappa shape index (κ1) is 12.2. The average molecular weight is 235 g/mol. The maximum atomic E-state index is 12.0. The first-order valence-electron chi connectivity index (χ1n) is 6.21. The summed E-state index contributed by atoms with van der Waals surface area (Å²) in [5, 5.41) is 6.40. The van der Waals surface area contributed by atoms with Crippen molar-refractivity contribution in [2.75, 3.05) is 19.6 Å². The van der Waals surface area contributed by atoms with E-state index in [4.69, 9.17) is 0 Å². The zero-order valence-corrected chi connectivity index (χ0v) is 10.6. The molecular weight excluding hydrogens is 214 g/mol. The molecule has 2 N–H and O–H groups in total. The van der Waals surface area contributed by atoms with Crippen LogP contribution in [0.1, 0.15) is 30.3 Å². The Balaban J connectivity index is 1.90. The molecule has 94 valence electrons. The van der Waals surface area contributed by atoms with Crippen LogP contribution in [0.5, 0.6) is 0 Å². The van der Waals surface area contributed by atoms with E-state index in [1.807, 2.05) is 29.9 Å². The minimum absolute atomic E-state index is 0.0252. The van der Waals surface area contributed by atoms with E-state index in [2.05, 4.69) is 17.6 Å². The Hall–Kier alpha value is -1.29. The van der Waals surface area contributed by atoms with Crippen LogP contribution in [-0.4, -0.2) is 30.1 Å². The summed E-state index contributed by atoms with van der Waals surface area (Å²) >= 11 is 0. The summed E-state index contributed by atoms with van der Waals surface area (Å²) < 4.78 is 1.85. The molecular formula is C13H21N3O. The highest BCUT2D eigenvalue weighted by atomic mass is 16.1. The number of nitrogens with zero attached hydrogens (tertiary/aromatic N) is 1. The molecule has 1 amide bonds. The van der Waals surface area contributed by atoms with Crippen LogP contribution in [0, 0.1) is 5.41 Å². The summed E-state index contributed by atoms with van der Waals surface area (Å²) in [6.45, 7) is 5.12. The monoisotopic (exact) mass is 235 g/mol. The fourth-order valence-corrected chi connectivity index (χ4v) is 2.29. The molecule has 1 aromatic rings. The van der Waals surface area contributed by atoms with Gasteiger partial charge >= 0.3 is 0 Å². The number of nitrogens with one attached hydrogen (secondary N) is 2. The van der Waals surface area contributed by atoms with E-state index in [0.717, 1.165) is 38.2 Å². The highest BCUT2D eigenvalue weighted by Gasteiger charge is 2.27. The van der Waals surface area contributed by atoms with Gasteiger partial charge < -0.3 is 15.2 Å². The maximum Gasteiger partial charge on any atom is 0.267 e. The number of hydrogen-bond donors (Lipinski definition) is 2. The number of hydrogen-bond acceptors (Lipinski definition) is 2. The Morgan fingerprint density at radius 3 is 2.82 bits per heavy atom. The minimum atomic E-state index is 0.0252. The van der Waals surface area contributed by atoms with Crippen molar-refractivity contribution < 1.29 is 4.79 Å². The number of aryl methyl sites for hydroxylation is 1. The molecule has 0 aromatic carbocycles. The second-order valence-corrected chi connectivity index (χ2v) is 5.25. The predicted molar refractivity (Wildman–Crippen MR) is 68.0 cm³/mol. The zero-order chi connectivity index (χ0) is 12.3. The van der Waals surface area contributed by atoms with Gasteiger partial charge in [0.1, 0.15) is 5.69 Å². The van der Waals surface area contributed by atoms with Gasteiger partial charge in [0.05, 0.1) is 0 Å². The second kappa shape index (κ2) is 4.92. The minimum Gasteiger partial charge on any atom is -0.350 e. The highest BCUT2D eigenvalue weighted by molar-refractivity contribution is 5.92. The molecule has 1 aromatic heterocycles. The second-order valence-electron chi connectivity index (χ2n) is 5.25. The highest BCUT2D eigenvalue weighted by Crippen LogP contribution is 2.26. The van der Waals surface area contributed by atoms with E-state index in [-0.39, 0.29) is 11.3 Å². The van der Waals surface area contributed by atoms with Crippen molar-refractivity contribution in [2.45, 2.75) is 19.8 Å². The standard InChI is InChI=1S/C13H21N3O/c1-13(5-7-14-8-6-13)10-15-12(17)11-4-3-9-16(11)2/h3-4,9,14H,5-8,10H2,1-2H3,(H,15,17). The van der Waals surface area contributed by atoms with Gasteiger partial charge in [0.2, 0.25) is 0 Å². The molecule has 0 aliphatic carbocycles. The van der Waals surface area contributed by atoms with Crippen LogP contribution >= 0.6 is 0 Å². The first-order valence-corrected chi connectivity index (χ1v) is 6.21. The molecule has 1 saturated heterocycles. The summed E-state index contributed by atoms with van der Waals surface area (Å²) in [4.78, 5) is 12.0. The summed E-state index contributed by atoms with van der Waals surface area (Å²) in [7, 11) is 1.89. The Kier molecular flexibility index (Phi) is 3.52. The molecule has 1 aliphatic rings. The average Bonchev–Trinajstić information content (AvgIpc) is 2.74. The molecule has 2 rings (SSSR count). The maximum absolute atomic E-state index is 12.0. The van der Waals surface area contributed by atoms with Crippen molar-refractivity contribution >= 4 is 5.91 Å². The molecule has 0 spiro atoms. The van der Waals surface area contributed by atoms with Gasteiger partial charge in [0.25, 0.3) is 5.91 Å². The number of carbonyl (C=O) groups excluding carboxylic acids is 1. The van der Waals surface area contributed by atoms with E-state index >= 15 is 0 Å². The molecule has 17 heavy (non-hydrogen) atoms. The smallest absolute Gasteiger partial charge is 0.267 e. The number of carbonyl (C=O) groups is 1. The van der Waals surface area contributed by atoms with Gasteiger partial charge in [-0.05, 0) is 43.5 Å². The molecule has 0 bridgehead atoms. The van der Waals surface area contributed by atoms with Gasteiger partial charge in [-0.25, -0.2) is 0 Å². The SMILES string of the molecule is Cn1cccc1C(=O)NCC1(C)CCNCC1. The first-order chi connectivity index (χ1) is 8.11. The molecule has 4 heteroatoms. The lowest BCUT2D eigenvalue weighted by atomic mass is 9.81. The van der Waals surface area contributed by atoms with Crippen LogP contribution in [0.3, 0.4) is 0 Å². The van der Waals surface area contributed by atoms with E-state index < -0.39 is 0 Å². The molecule has 4 nitrogen and oxygen atoms in total. The summed E-state index contributed by atoms with van der Waals surface area (Å²) in [5.74, 6) is 0.0252. The Morgan fingerprint density at radius 2 is 2.24 bits per heavy atom. The van der Waals surface area contributed by atoms with Gasteiger partial charge in [-0.3, -0.25) is 4.79 Å². The van der Waals surface area contributed by atoms with Gasteiger partial charge in [0, 0.05) is 19.8 Å². The molecule has 2 heterocycles. The predicted octanol–water partition coefficient (Wildman–Crippen LogP) is 1.14. The summed E-state index contributed by atoms with van der Waals surface area (Å²) in [6.07, 6.45) is 4.14. The normalized spacial score (nSPS) is 18.9. The largest absolute Gasteiger partial charge is 0.350 e. The van der Waals surface area contributed by atoms with Crippen molar-refractivity contribution in [3.63, 3.8) is 0 Å². The fourth-order valence-electron chi connectivity index (χ4n) is 2.29. The number of rotatable bonds is 3. The fraction of sp³-hybridized carbons (Fsp3) is 0.615. The topological polar surface area (TPSA) is 46.1 Å². The van der Waals surface area contributed by atoms with Crippen molar-refractivity contribution in [1.82, 2.24) is 15.2 Å². The Morgan fingerprint density at radius 1 is 1.53 bits per heavy atom. The summed E-state index contributed by atoms with van der Waals surface area (Å²) in [6, 6.07) is 3.74. The van der Waals surface area contributed by atoms with E-state index in [1.165, 1.54) is 0 Å². The van der Waals surface area contributed by atoms with E-state index in [1.54, 1.807) is 0 Å². The van der Waals surface area contributed by atoms with Crippen LogP contribution < -0.4 is 10.6 Å². The summed E-state index contributed by atoms with van der Waals surface area (Å²) in [5.41, 5.74) is 0.967. The Labute approximate surface area is 102 Å². The lowest BCUT2D eigenvalue weighted by molar-refractivity contribution is 0.0914. The Bertz CT molecular complexity index is 391. The molecule has 0 saturated carbocycles. The van der Waals surface area contributed by atoms with Crippen molar-refractivity contribution in [3.8, 4) is 0 Å². The third-order valence-electron chi connectivity index (χ3n) is 3.66. The van der Waals surface area contributed by atoms with E-state index in [9.17, 15) is 4.79 Å². The zero-order valence-electron chi connectivity index (χ0n) is 10.6. The van der Waals surface area contributed by atoms with Gasteiger partial charge in [0.15, 0.2) is 0 Å². The molecule has 0 unspecified atom stereocenters. The number of amides is 1. The number of aromatic nitrogens is 1. The molecule has 0 radical (unpaired) electrons. The van der Waals surface area contributed by atoms with Gasteiger partial charge in [-0.15, -0.1) is 0 Å². The van der Waals surface area contributed by atoms with Crippen LogP contribution in [0.4, 0.5) is 0 Å². The van der Waals surface area contributed by atoms with Crippen LogP contribution in [0.15, 0.2) is 18.3 Å². The third-order valence-corrected chi connectivity index (χ3v) is 3.66.